The maximum Gasteiger partial charge on any atom is 0.0642 e. The maximum absolute atomic E-state index is 5.83. The molecule has 16 heavy (non-hydrogen) atoms. The van der Waals surface area contributed by atoms with Gasteiger partial charge in [0.05, 0.1) is 5.60 Å². The molecule has 0 heterocycles. The smallest absolute Gasteiger partial charge is 0.0642 e. The first-order chi connectivity index (χ1) is 7.43. The lowest BCUT2D eigenvalue weighted by atomic mass is 10.00. The Labute approximate surface area is 103 Å². The fraction of sp³-hybridized carbons (Fsp3) is 0.538. The van der Waals surface area contributed by atoms with Crippen molar-refractivity contribution in [3.63, 3.8) is 0 Å². The number of rotatable bonds is 5. The molecule has 0 saturated carbocycles. The number of halogens is 1. The van der Waals surface area contributed by atoms with Crippen LogP contribution in [0.5, 0.6) is 0 Å². The molecule has 0 bridgehead atoms. The molecular formula is C13H20ClNO. The Morgan fingerprint density at radius 3 is 2.38 bits per heavy atom. The van der Waals surface area contributed by atoms with Crippen LogP contribution in [0.1, 0.15) is 27.2 Å². The standard InChI is InChI=1S/C13H20ClNO/c1-10(9-13(2,3)16-4)15-12-7-5-11(14)6-8-12/h5-8,10,15H,9H2,1-4H3. The summed E-state index contributed by atoms with van der Waals surface area (Å²) in [7, 11) is 1.75. The first-order valence-corrected chi connectivity index (χ1v) is 5.88. The van der Waals surface area contributed by atoms with Gasteiger partial charge >= 0.3 is 0 Å². The van der Waals surface area contributed by atoms with Gasteiger partial charge in [0.15, 0.2) is 0 Å². The molecule has 3 heteroatoms. The van der Waals surface area contributed by atoms with Crippen LogP contribution in [0.15, 0.2) is 24.3 Å². The quantitative estimate of drug-likeness (QED) is 0.843. The van der Waals surface area contributed by atoms with E-state index < -0.39 is 0 Å². The first-order valence-electron chi connectivity index (χ1n) is 5.50. The predicted octanol–water partition coefficient (Wildman–Crippen LogP) is 3.96. The number of nitrogens with one attached hydrogen (secondary N) is 1. The highest BCUT2D eigenvalue weighted by Gasteiger charge is 2.19. The summed E-state index contributed by atoms with van der Waals surface area (Å²) in [6.45, 7) is 6.33. The molecule has 0 aromatic heterocycles. The minimum Gasteiger partial charge on any atom is -0.382 e. The van der Waals surface area contributed by atoms with Crippen molar-refractivity contribution in [1.82, 2.24) is 0 Å². The lowest BCUT2D eigenvalue weighted by molar-refractivity contribution is 0.0128. The van der Waals surface area contributed by atoms with Crippen molar-refractivity contribution in [3.05, 3.63) is 29.3 Å². The monoisotopic (exact) mass is 241 g/mol. The van der Waals surface area contributed by atoms with Crippen molar-refractivity contribution in [2.75, 3.05) is 12.4 Å². The van der Waals surface area contributed by atoms with Gasteiger partial charge in [0.2, 0.25) is 0 Å². The molecule has 1 atom stereocenters. The van der Waals surface area contributed by atoms with E-state index in [2.05, 4.69) is 26.1 Å². The van der Waals surface area contributed by atoms with E-state index in [0.29, 0.717) is 6.04 Å². The SMILES string of the molecule is COC(C)(C)CC(C)Nc1ccc(Cl)cc1. The zero-order valence-corrected chi connectivity index (χ0v) is 11.1. The number of anilines is 1. The maximum atomic E-state index is 5.83. The van der Waals surface area contributed by atoms with Gasteiger partial charge < -0.3 is 10.1 Å². The Kier molecular flexibility index (Phi) is 4.63. The molecule has 0 saturated heterocycles. The second kappa shape index (κ2) is 5.55. The summed E-state index contributed by atoms with van der Waals surface area (Å²) in [5, 5.41) is 4.18. The lowest BCUT2D eigenvalue weighted by Gasteiger charge is -2.27. The number of hydrogen-bond acceptors (Lipinski definition) is 2. The van der Waals surface area contributed by atoms with Gasteiger partial charge in [-0.1, -0.05) is 11.6 Å². The highest BCUT2D eigenvalue weighted by molar-refractivity contribution is 6.30. The van der Waals surface area contributed by atoms with E-state index in [4.69, 9.17) is 16.3 Å². The van der Waals surface area contributed by atoms with Gasteiger partial charge in [-0.2, -0.15) is 0 Å². The molecule has 0 aliphatic carbocycles. The molecule has 0 aliphatic rings. The minimum atomic E-state index is -0.0984. The van der Waals surface area contributed by atoms with Gasteiger partial charge in [-0.15, -0.1) is 0 Å². The number of benzene rings is 1. The van der Waals surface area contributed by atoms with Gasteiger partial charge in [-0.3, -0.25) is 0 Å². The fourth-order valence-electron chi connectivity index (χ4n) is 1.70. The number of methoxy groups -OCH3 is 1. The Morgan fingerprint density at radius 1 is 1.31 bits per heavy atom. The van der Waals surface area contributed by atoms with Crippen molar-refractivity contribution in [2.24, 2.45) is 0 Å². The molecule has 0 aliphatic heterocycles. The van der Waals surface area contributed by atoms with Crippen molar-refractivity contribution < 1.29 is 4.74 Å². The summed E-state index contributed by atoms with van der Waals surface area (Å²) in [5.74, 6) is 0. The molecule has 0 radical (unpaired) electrons. The van der Waals surface area contributed by atoms with Gasteiger partial charge in [-0.05, 0) is 51.5 Å². The summed E-state index contributed by atoms with van der Waals surface area (Å²) >= 11 is 5.83. The van der Waals surface area contributed by atoms with E-state index in [1.165, 1.54) is 0 Å². The minimum absolute atomic E-state index is 0.0984. The van der Waals surface area contributed by atoms with Crippen LogP contribution >= 0.6 is 11.6 Å². The van der Waals surface area contributed by atoms with E-state index in [0.717, 1.165) is 17.1 Å². The van der Waals surface area contributed by atoms with Gasteiger partial charge in [-0.25, -0.2) is 0 Å². The van der Waals surface area contributed by atoms with Crippen LogP contribution in [0.3, 0.4) is 0 Å². The Balaban J connectivity index is 2.51. The van der Waals surface area contributed by atoms with Crippen LogP contribution in [-0.4, -0.2) is 18.8 Å². The molecule has 1 unspecified atom stereocenters. The van der Waals surface area contributed by atoms with Gasteiger partial charge in [0, 0.05) is 23.9 Å². The largest absolute Gasteiger partial charge is 0.382 e. The molecule has 1 rings (SSSR count). The van der Waals surface area contributed by atoms with E-state index >= 15 is 0 Å². The van der Waals surface area contributed by atoms with E-state index in [1.807, 2.05) is 24.3 Å². The zero-order chi connectivity index (χ0) is 12.2. The summed E-state index contributed by atoms with van der Waals surface area (Å²) in [6.07, 6.45) is 0.951. The van der Waals surface area contributed by atoms with E-state index in [1.54, 1.807) is 7.11 Å². The van der Waals surface area contributed by atoms with Crippen LogP contribution in [-0.2, 0) is 4.74 Å². The number of hydrogen-bond donors (Lipinski definition) is 1. The van der Waals surface area contributed by atoms with Crippen molar-refractivity contribution in [1.29, 1.82) is 0 Å². The third-order valence-electron chi connectivity index (χ3n) is 2.61. The third-order valence-corrected chi connectivity index (χ3v) is 2.86. The Morgan fingerprint density at radius 2 is 1.88 bits per heavy atom. The second-order valence-electron chi connectivity index (χ2n) is 4.72. The first kappa shape index (κ1) is 13.3. The molecule has 0 fully saturated rings. The molecule has 0 amide bonds. The second-order valence-corrected chi connectivity index (χ2v) is 5.16. The van der Waals surface area contributed by atoms with Crippen LogP contribution < -0.4 is 5.32 Å². The topological polar surface area (TPSA) is 21.3 Å². The van der Waals surface area contributed by atoms with Crippen molar-refractivity contribution in [3.8, 4) is 0 Å². The molecule has 0 spiro atoms. The Bertz CT molecular complexity index is 321. The van der Waals surface area contributed by atoms with Crippen LogP contribution in [0.2, 0.25) is 5.02 Å². The van der Waals surface area contributed by atoms with Crippen molar-refractivity contribution in [2.45, 2.75) is 38.8 Å². The average molecular weight is 242 g/mol. The molecule has 2 nitrogen and oxygen atoms in total. The van der Waals surface area contributed by atoms with E-state index in [-0.39, 0.29) is 5.60 Å². The van der Waals surface area contributed by atoms with Crippen molar-refractivity contribution >= 4 is 17.3 Å². The molecule has 1 N–H and O–H groups in total. The summed E-state index contributed by atoms with van der Waals surface area (Å²) < 4.78 is 5.40. The molecule has 90 valence electrons. The molecule has 1 aromatic carbocycles. The van der Waals surface area contributed by atoms with Crippen LogP contribution in [0.4, 0.5) is 5.69 Å². The lowest BCUT2D eigenvalue weighted by Crippen LogP contribution is -2.31. The number of ether oxygens (including phenoxy) is 1. The highest BCUT2D eigenvalue weighted by Crippen LogP contribution is 2.19. The van der Waals surface area contributed by atoms with Crippen LogP contribution in [0.25, 0.3) is 0 Å². The average Bonchev–Trinajstić information content (AvgIpc) is 2.21. The summed E-state index contributed by atoms with van der Waals surface area (Å²) in [6, 6.07) is 8.10. The van der Waals surface area contributed by atoms with Gasteiger partial charge in [0.25, 0.3) is 0 Å². The molecule has 1 aromatic rings. The summed E-state index contributed by atoms with van der Waals surface area (Å²) in [4.78, 5) is 0. The summed E-state index contributed by atoms with van der Waals surface area (Å²) in [5.41, 5.74) is 0.988. The fourth-order valence-corrected chi connectivity index (χ4v) is 1.83. The predicted molar refractivity (Wildman–Crippen MR) is 70.2 cm³/mol. The highest BCUT2D eigenvalue weighted by atomic mass is 35.5. The molecular weight excluding hydrogens is 222 g/mol. The third kappa shape index (κ3) is 4.42. The Hall–Kier alpha value is -0.730. The van der Waals surface area contributed by atoms with Crippen LogP contribution in [0, 0.1) is 0 Å². The van der Waals surface area contributed by atoms with Gasteiger partial charge in [0.1, 0.15) is 0 Å². The van der Waals surface area contributed by atoms with E-state index in [9.17, 15) is 0 Å². The zero-order valence-electron chi connectivity index (χ0n) is 10.4. The normalized spacial score (nSPS) is 13.6.